The average molecular weight is 719 g/mol. The van der Waals surface area contributed by atoms with Crippen molar-refractivity contribution in [3.63, 3.8) is 0 Å². The maximum Gasteiger partial charge on any atom is 0.160 e. The molecule has 0 spiro atoms. The summed E-state index contributed by atoms with van der Waals surface area (Å²) >= 11 is 0. The van der Waals surface area contributed by atoms with Crippen molar-refractivity contribution in [2.75, 3.05) is 0 Å². The molecule has 0 radical (unpaired) electrons. The third-order valence-electron chi connectivity index (χ3n) is 10.9. The monoisotopic (exact) mass is 718 g/mol. The standard InChI is InChI=1S/C51H34N4O/c1-4-13-33(14-5-1)34-23-25-36(26-24-34)50-52-49(35-15-6-2-7-16-35)53-51(54-50)41-20-12-22-47-48(41)43-32-38(28-30-46(43)56-47)37-27-29-45-42(31-37)40-19-10-11-21-44(40)55(45)39-17-8-3-9-18-39/h1-32,50H,(H,52,53,54). The highest BCUT2D eigenvalue weighted by Crippen LogP contribution is 2.39. The van der Waals surface area contributed by atoms with Gasteiger partial charge in [-0.3, -0.25) is 0 Å². The van der Waals surface area contributed by atoms with E-state index in [0.717, 1.165) is 66.8 Å². The van der Waals surface area contributed by atoms with E-state index in [1.54, 1.807) is 0 Å². The number of fused-ring (bicyclic) bond motifs is 6. The molecule has 1 unspecified atom stereocenters. The van der Waals surface area contributed by atoms with E-state index in [-0.39, 0.29) is 6.17 Å². The van der Waals surface area contributed by atoms with Crippen LogP contribution in [0.2, 0.25) is 0 Å². The molecule has 1 N–H and O–H groups in total. The van der Waals surface area contributed by atoms with Crippen LogP contribution in [0.3, 0.4) is 0 Å². The minimum atomic E-state index is -0.337. The van der Waals surface area contributed by atoms with Crippen LogP contribution in [0.25, 0.3) is 71.7 Å². The van der Waals surface area contributed by atoms with Gasteiger partial charge in [-0.2, -0.15) is 0 Å². The second kappa shape index (κ2) is 13.1. The number of nitrogens with one attached hydrogen (secondary N) is 1. The molecule has 0 fully saturated rings. The minimum Gasteiger partial charge on any atom is -0.456 e. The predicted molar refractivity (Wildman–Crippen MR) is 231 cm³/mol. The quantitative estimate of drug-likeness (QED) is 0.186. The van der Waals surface area contributed by atoms with Gasteiger partial charge in [0.05, 0.1) is 11.0 Å². The van der Waals surface area contributed by atoms with Crippen LogP contribution in [-0.4, -0.2) is 16.2 Å². The number of nitrogens with zero attached hydrogens (tertiary/aromatic N) is 3. The maximum atomic E-state index is 6.51. The van der Waals surface area contributed by atoms with Crippen LogP contribution < -0.4 is 5.32 Å². The summed E-state index contributed by atoms with van der Waals surface area (Å²) in [6.07, 6.45) is -0.337. The predicted octanol–water partition coefficient (Wildman–Crippen LogP) is 12.5. The molecule has 1 aliphatic rings. The Morgan fingerprint density at radius 1 is 0.464 bits per heavy atom. The Balaban J connectivity index is 1.04. The van der Waals surface area contributed by atoms with Crippen LogP contribution in [-0.2, 0) is 0 Å². The van der Waals surface area contributed by atoms with Crippen molar-refractivity contribution in [3.05, 3.63) is 211 Å². The highest BCUT2D eigenvalue weighted by molar-refractivity contribution is 6.22. The normalized spacial score (nSPS) is 14.2. The van der Waals surface area contributed by atoms with E-state index in [2.05, 4.69) is 168 Å². The summed E-state index contributed by atoms with van der Waals surface area (Å²) in [7, 11) is 0. The number of furan rings is 1. The van der Waals surface area contributed by atoms with Crippen LogP contribution in [0.15, 0.2) is 209 Å². The third-order valence-corrected chi connectivity index (χ3v) is 10.9. The zero-order chi connectivity index (χ0) is 37.0. The van der Waals surface area contributed by atoms with Gasteiger partial charge in [0.15, 0.2) is 5.84 Å². The van der Waals surface area contributed by atoms with E-state index in [0.29, 0.717) is 5.84 Å². The molecule has 3 heterocycles. The number of hydrogen-bond acceptors (Lipinski definition) is 4. The zero-order valence-electron chi connectivity index (χ0n) is 30.3. The molecule has 5 nitrogen and oxygen atoms in total. The molecule has 1 atom stereocenters. The third kappa shape index (κ3) is 5.40. The Hall–Kier alpha value is -7.50. The Bertz CT molecular complexity index is 3140. The van der Waals surface area contributed by atoms with Crippen molar-refractivity contribution in [1.29, 1.82) is 0 Å². The zero-order valence-corrected chi connectivity index (χ0v) is 30.3. The molecule has 56 heavy (non-hydrogen) atoms. The smallest absolute Gasteiger partial charge is 0.160 e. The van der Waals surface area contributed by atoms with Gasteiger partial charge in [0, 0.05) is 38.4 Å². The number of para-hydroxylation sites is 2. The van der Waals surface area contributed by atoms with E-state index in [4.69, 9.17) is 14.4 Å². The van der Waals surface area contributed by atoms with Crippen LogP contribution in [0.5, 0.6) is 0 Å². The van der Waals surface area contributed by atoms with Crippen LogP contribution >= 0.6 is 0 Å². The average Bonchev–Trinajstić information content (AvgIpc) is 3.82. The van der Waals surface area contributed by atoms with Crippen molar-refractivity contribution in [2.45, 2.75) is 6.17 Å². The van der Waals surface area contributed by atoms with Crippen molar-refractivity contribution < 1.29 is 4.42 Å². The number of rotatable bonds is 6. The van der Waals surface area contributed by atoms with Crippen LogP contribution in [0.4, 0.5) is 0 Å². The van der Waals surface area contributed by atoms with Gasteiger partial charge < -0.3 is 14.3 Å². The molecule has 11 rings (SSSR count). The van der Waals surface area contributed by atoms with E-state index in [1.807, 2.05) is 36.4 Å². The molecule has 5 heteroatoms. The molecule has 8 aromatic carbocycles. The fourth-order valence-corrected chi connectivity index (χ4v) is 8.17. The molecule has 0 saturated carbocycles. The van der Waals surface area contributed by atoms with Crippen LogP contribution in [0.1, 0.15) is 22.9 Å². The minimum absolute atomic E-state index is 0.337. The number of benzene rings is 8. The number of aromatic nitrogens is 1. The fourth-order valence-electron chi connectivity index (χ4n) is 8.17. The lowest BCUT2D eigenvalue weighted by Crippen LogP contribution is -2.33. The van der Waals surface area contributed by atoms with E-state index in [1.165, 1.54) is 27.4 Å². The molecule has 264 valence electrons. The number of hydrogen-bond donors (Lipinski definition) is 1. The molecule has 0 aliphatic carbocycles. The topological polar surface area (TPSA) is 54.8 Å². The summed E-state index contributed by atoms with van der Waals surface area (Å²) in [6.45, 7) is 0. The lowest BCUT2D eigenvalue weighted by molar-refractivity contribution is 0.668. The second-order valence-electron chi connectivity index (χ2n) is 14.2. The number of aliphatic imine (C=N–C) groups is 2. The molecule has 0 bridgehead atoms. The Kier molecular flexibility index (Phi) is 7.49. The molecule has 10 aromatic rings. The molecule has 2 aromatic heterocycles. The highest BCUT2D eigenvalue weighted by atomic mass is 16.3. The Morgan fingerprint density at radius 3 is 1.88 bits per heavy atom. The van der Waals surface area contributed by atoms with Gasteiger partial charge in [0.25, 0.3) is 0 Å². The van der Waals surface area contributed by atoms with Gasteiger partial charge in [-0.1, -0.05) is 146 Å². The number of amidine groups is 2. The lowest BCUT2D eigenvalue weighted by atomic mass is 9.99. The van der Waals surface area contributed by atoms with Crippen molar-refractivity contribution >= 4 is 55.4 Å². The van der Waals surface area contributed by atoms with Gasteiger partial charge in [-0.15, -0.1) is 0 Å². The Morgan fingerprint density at radius 2 is 1.09 bits per heavy atom. The first-order chi connectivity index (χ1) is 27.7. The van der Waals surface area contributed by atoms with Crippen molar-refractivity contribution in [1.82, 2.24) is 9.88 Å². The summed E-state index contributed by atoms with van der Waals surface area (Å²) in [5, 5.41) is 8.11. The first-order valence-corrected chi connectivity index (χ1v) is 18.9. The summed E-state index contributed by atoms with van der Waals surface area (Å²) in [5.74, 6) is 1.44. The van der Waals surface area contributed by atoms with E-state index >= 15 is 0 Å². The lowest BCUT2D eigenvalue weighted by Gasteiger charge is -2.24. The largest absolute Gasteiger partial charge is 0.456 e. The Labute approximate surface area is 323 Å². The second-order valence-corrected chi connectivity index (χ2v) is 14.2. The maximum absolute atomic E-state index is 6.51. The summed E-state index contributed by atoms with van der Waals surface area (Å²) in [5.41, 5.74) is 12.7. The van der Waals surface area contributed by atoms with Gasteiger partial charge in [0.2, 0.25) is 0 Å². The summed E-state index contributed by atoms with van der Waals surface area (Å²) in [6, 6.07) is 68.1. The molecular formula is C51H34N4O. The molecule has 0 saturated heterocycles. The fraction of sp³-hybridized carbons (Fsp3) is 0.0196. The van der Waals surface area contributed by atoms with Crippen molar-refractivity contribution in [2.24, 2.45) is 9.98 Å². The van der Waals surface area contributed by atoms with Gasteiger partial charge in [0.1, 0.15) is 23.2 Å². The molecule has 1 aliphatic heterocycles. The SMILES string of the molecule is c1ccc(C2=NC(c3cccc4oc5ccc(-c6ccc7c(c6)c6ccccc6n7-c6ccccc6)cc5c34)=NC(c3ccc(-c4ccccc4)cc3)N2)cc1. The molecule has 0 amide bonds. The van der Waals surface area contributed by atoms with Crippen molar-refractivity contribution in [3.8, 4) is 27.9 Å². The summed E-state index contributed by atoms with van der Waals surface area (Å²) < 4.78 is 8.86. The summed E-state index contributed by atoms with van der Waals surface area (Å²) in [4.78, 5) is 10.5. The highest BCUT2D eigenvalue weighted by Gasteiger charge is 2.24. The van der Waals surface area contributed by atoms with Gasteiger partial charge in [-0.05, 0) is 76.3 Å². The van der Waals surface area contributed by atoms with Gasteiger partial charge >= 0.3 is 0 Å². The molecular weight excluding hydrogens is 685 g/mol. The first kappa shape index (κ1) is 32.0. The van der Waals surface area contributed by atoms with E-state index in [9.17, 15) is 0 Å². The van der Waals surface area contributed by atoms with E-state index < -0.39 is 0 Å². The first-order valence-electron chi connectivity index (χ1n) is 18.9. The van der Waals surface area contributed by atoms with Gasteiger partial charge in [-0.25, -0.2) is 9.98 Å². The van der Waals surface area contributed by atoms with Crippen LogP contribution in [0, 0.1) is 0 Å².